The lowest BCUT2D eigenvalue weighted by Crippen LogP contribution is -2.69. The van der Waals surface area contributed by atoms with Crippen molar-refractivity contribution in [2.24, 2.45) is 5.41 Å². The molecule has 3 aliphatic heterocycles. The third kappa shape index (κ3) is 5.70. The molecule has 4 fully saturated rings. The monoisotopic (exact) mass is 609 g/mol. The van der Waals surface area contributed by atoms with E-state index in [2.05, 4.69) is 10.6 Å². The van der Waals surface area contributed by atoms with Gasteiger partial charge < -0.3 is 39.8 Å². The van der Waals surface area contributed by atoms with Crippen molar-refractivity contribution < 1.29 is 48.4 Å². The molecular formula is C31H35N3O10. The highest BCUT2D eigenvalue weighted by Gasteiger charge is 2.74. The lowest BCUT2D eigenvalue weighted by Gasteiger charge is -2.48. The Morgan fingerprint density at radius 1 is 1.05 bits per heavy atom. The number of ether oxygens (including phenoxy) is 4. The molecule has 3 saturated heterocycles. The van der Waals surface area contributed by atoms with Crippen LogP contribution in [0.15, 0.2) is 54.8 Å². The summed E-state index contributed by atoms with van der Waals surface area (Å²) in [5.74, 6) is -1.28. The highest BCUT2D eigenvalue weighted by atomic mass is 16.8. The van der Waals surface area contributed by atoms with Crippen LogP contribution in [-0.2, 0) is 46.5 Å². The second-order valence-corrected chi connectivity index (χ2v) is 11.1. The summed E-state index contributed by atoms with van der Waals surface area (Å²) in [5, 5.41) is 25.0. The fraction of sp³-hybridized carbons (Fsp3) is 0.452. The van der Waals surface area contributed by atoms with Crippen molar-refractivity contribution in [1.29, 1.82) is 0 Å². The van der Waals surface area contributed by atoms with Crippen LogP contribution in [0.5, 0.6) is 0 Å². The van der Waals surface area contributed by atoms with Gasteiger partial charge in [0.2, 0.25) is 5.91 Å². The Morgan fingerprint density at radius 3 is 2.70 bits per heavy atom. The third-order valence-electron chi connectivity index (χ3n) is 8.39. The SMILES string of the molecule is O=C(NCCO)c1cccc(CNC(=O)[C@@]23C[C@H]4OC(=O)[C@@H]2N(Cc2cccc(C=COCCO)c2)O[C@@H]3[C@H]2OCO[C@H]24)c1. The first kappa shape index (κ1) is 30.2. The number of nitrogens with zero attached hydrogens (tertiary/aromatic N) is 1. The molecule has 6 rings (SSSR count). The summed E-state index contributed by atoms with van der Waals surface area (Å²) in [6.07, 6.45) is 0.845. The number of aliphatic hydroxyl groups is 2. The van der Waals surface area contributed by atoms with E-state index < -0.39 is 41.8 Å². The first-order valence-corrected chi connectivity index (χ1v) is 14.6. The number of rotatable bonds is 12. The molecule has 0 spiro atoms. The van der Waals surface area contributed by atoms with Gasteiger partial charge in [0.15, 0.2) is 6.04 Å². The summed E-state index contributed by atoms with van der Waals surface area (Å²) in [5.41, 5.74) is 1.45. The van der Waals surface area contributed by atoms with Crippen molar-refractivity contribution in [2.75, 3.05) is 33.2 Å². The average Bonchev–Trinajstić information content (AvgIpc) is 3.66. The van der Waals surface area contributed by atoms with Gasteiger partial charge in [-0.2, -0.15) is 5.06 Å². The van der Waals surface area contributed by atoms with Crippen molar-refractivity contribution >= 4 is 23.9 Å². The van der Waals surface area contributed by atoms with Crippen LogP contribution in [0.2, 0.25) is 0 Å². The lowest BCUT2D eigenvalue weighted by molar-refractivity contribution is -0.201. The van der Waals surface area contributed by atoms with Crippen LogP contribution in [0.3, 0.4) is 0 Å². The van der Waals surface area contributed by atoms with Crippen LogP contribution in [0.1, 0.15) is 33.5 Å². The van der Waals surface area contributed by atoms with Crippen molar-refractivity contribution in [1.82, 2.24) is 15.7 Å². The maximum absolute atomic E-state index is 14.2. The van der Waals surface area contributed by atoms with Crippen LogP contribution in [-0.4, -0.2) is 96.7 Å². The van der Waals surface area contributed by atoms with Gasteiger partial charge in [-0.3, -0.25) is 19.2 Å². The fourth-order valence-corrected chi connectivity index (χ4v) is 6.50. The van der Waals surface area contributed by atoms with Crippen molar-refractivity contribution in [3.05, 3.63) is 77.0 Å². The Hall–Kier alpha value is -3.85. The Kier molecular flexibility index (Phi) is 8.93. The summed E-state index contributed by atoms with van der Waals surface area (Å²) in [7, 11) is 0. The maximum Gasteiger partial charge on any atom is 0.327 e. The van der Waals surface area contributed by atoms with E-state index in [1.54, 1.807) is 30.3 Å². The van der Waals surface area contributed by atoms with E-state index >= 15 is 0 Å². The van der Waals surface area contributed by atoms with Crippen molar-refractivity contribution in [3.63, 3.8) is 0 Å². The van der Waals surface area contributed by atoms with Gasteiger partial charge in [-0.25, -0.2) is 0 Å². The summed E-state index contributed by atoms with van der Waals surface area (Å²) >= 11 is 0. The molecule has 44 heavy (non-hydrogen) atoms. The van der Waals surface area contributed by atoms with E-state index in [9.17, 15) is 14.4 Å². The molecule has 1 aliphatic carbocycles. The van der Waals surface area contributed by atoms with E-state index in [-0.39, 0.29) is 64.5 Å². The number of nitrogens with one attached hydrogen (secondary N) is 2. The van der Waals surface area contributed by atoms with E-state index in [0.717, 1.165) is 11.1 Å². The number of hydrogen-bond donors (Lipinski definition) is 4. The molecular weight excluding hydrogens is 574 g/mol. The normalized spacial score (nSPS) is 28.9. The van der Waals surface area contributed by atoms with Gasteiger partial charge in [0.1, 0.15) is 43.2 Å². The minimum absolute atomic E-state index is 0.00345. The highest BCUT2D eigenvalue weighted by molar-refractivity contribution is 5.95. The summed E-state index contributed by atoms with van der Waals surface area (Å²) in [6, 6.07) is 13.3. The number of esters is 1. The zero-order chi connectivity index (χ0) is 30.7. The molecule has 4 aliphatic rings. The molecule has 3 heterocycles. The van der Waals surface area contributed by atoms with Gasteiger partial charge in [-0.15, -0.1) is 0 Å². The minimum atomic E-state index is -1.30. The molecule has 234 valence electrons. The summed E-state index contributed by atoms with van der Waals surface area (Å²) < 4.78 is 22.7. The second-order valence-electron chi connectivity index (χ2n) is 11.1. The zero-order valence-corrected chi connectivity index (χ0v) is 23.9. The molecule has 13 heteroatoms. The molecule has 4 N–H and O–H groups in total. The Balaban J connectivity index is 1.24. The standard InChI is InChI=1S/C31H35N3O10/c35-9-8-32-28(37)22-6-2-4-20(14-22)16-33-30(39)31-15-23-24-25(42-18-41-24)27(31)44-34(26(31)29(38)43-23)17-21-5-1-3-19(13-21)7-11-40-12-10-36/h1-7,11,13-14,23-27,35-36H,8-10,12,15-18H2,(H,32,37)(H,33,39)/t23-,24+,25+,26+,27-,31+/m1/s1. The number of carbonyl (C=O) groups excluding carboxylic acids is 3. The lowest BCUT2D eigenvalue weighted by atomic mass is 9.62. The Bertz CT molecular complexity index is 1420. The number of fused-ring (bicyclic) bond motifs is 4. The van der Waals surface area contributed by atoms with Gasteiger partial charge in [-0.05, 0) is 34.9 Å². The molecule has 0 radical (unpaired) electrons. The van der Waals surface area contributed by atoms with Gasteiger partial charge in [-0.1, -0.05) is 36.4 Å². The van der Waals surface area contributed by atoms with Crippen LogP contribution >= 0.6 is 0 Å². The number of benzene rings is 2. The number of hydrogen-bond acceptors (Lipinski definition) is 11. The van der Waals surface area contributed by atoms with Gasteiger partial charge >= 0.3 is 5.97 Å². The topological polar surface area (TPSA) is 165 Å². The molecule has 6 atom stereocenters. The molecule has 2 bridgehead atoms. The summed E-state index contributed by atoms with van der Waals surface area (Å²) in [6.45, 7) is 0.367. The van der Waals surface area contributed by atoms with Gasteiger partial charge in [0, 0.05) is 25.1 Å². The van der Waals surface area contributed by atoms with Crippen molar-refractivity contribution in [3.8, 4) is 0 Å². The van der Waals surface area contributed by atoms with Gasteiger partial charge in [0.25, 0.3) is 5.91 Å². The average molecular weight is 610 g/mol. The smallest absolute Gasteiger partial charge is 0.327 e. The number of hydroxylamine groups is 2. The van der Waals surface area contributed by atoms with E-state index in [1.165, 1.54) is 11.3 Å². The molecule has 2 aromatic rings. The molecule has 2 amide bonds. The Labute approximate surface area is 253 Å². The van der Waals surface area contributed by atoms with Crippen molar-refractivity contribution in [2.45, 2.75) is 50.0 Å². The maximum atomic E-state index is 14.2. The van der Waals surface area contributed by atoms with Gasteiger partial charge in [0.05, 0.1) is 26.0 Å². The van der Waals surface area contributed by atoms with Crippen LogP contribution in [0.4, 0.5) is 0 Å². The predicted octanol–water partition coefficient (Wildman–Crippen LogP) is 0.246. The largest absolute Gasteiger partial charge is 0.499 e. The minimum Gasteiger partial charge on any atom is -0.499 e. The van der Waals surface area contributed by atoms with Crippen LogP contribution < -0.4 is 10.6 Å². The fourth-order valence-electron chi connectivity index (χ4n) is 6.50. The molecule has 13 nitrogen and oxygen atoms in total. The van der Waals surface area contributed by atoms with E-state index in [0.29, 0.717) is 11.1 Å². The zero-order valence-electron chi connectivity index (χ0n) is 23.9. The van der Waals surface area contributed by atoms with Crippen LogP contribution in [0, 0.1) is 5.41 Å². The molecule has 2 aromatic carbocycles. The first-order chi connectivity index (χ1) is 21.4. The first-order valence-electron chi connectivity index (χ1n) is 14.6. The van der Waals surface area contributed by atoms with E-state index in [4.69, 9.17) is 34.0 Å². The third-order valence-corrected chi connectivity index (χ3v) is 8.39. The number of amides is 2. The number of aliphatic hydroxyl groups excluding tert-OH is 2. The molecule has 0 aromatic heterocycles. The molecule has 1 saturated carbocycles. The number of carbonyl (C=O) groups is 3. The quantitative estimate of drug-likeness (QED) is 0.148. The van der Waals surface area contributed by atoms with Crippen LogP contribution in [0.25, 0.3) is 6.08 Å². The Morgan fingerprint density at radius 2 is 1.86 bits per heavy atom. The molecule has 0 unspecified atom stereocenters. The van der Waals surface area contributed by atoms with E-state index in [1.807, 2.05) is 24.3 Å². The summed E-state index contributed by atoms with van der Waals surface area (Å²) in [4.78, 5) is 46.6. The highest BCUT2D eigenvalue weighted by Crippen LogP contribution is 2.55. The predicted molar refractivity (Wildman–Crippen MR) is 152 cm³/mol. The second kappa shape index (κ2) is 13.0.